The number of phosphoric acid groups is 2. The van der Waals surface area contributed by atoms with Crippen LogP contribution in [-0.2, 0) is 65.4 Å². The van der Waals surface area contributed by atoms with Gasteiger partial charge in [0.25, 0.3) is 0 Å². The highest BCUT2D eigenvalue weighted by atomic mass is 31.2. The van der Waals surface area contributed by atoms with Crippen LogP contribution in [-0.4, -0.2) is 96.7 Å². The van der Waals surface area contributed by atoms with E-state index in [2.05, 4.69) is 76.3 Å². The molecule has 0 aromatic carbocycles. The number of carbonyl (C=O) groups is 4. The molecule has 0 aromatic heterocycles. The highest BCUT2D eigenvalue weighted by molar-refractivity contribution is 7.47. The van der Waals surface area contributed by atoms with E-state index in [0.717, 1.165) is 180 Å². The van der Waals surface area contributed by atoms with Gasteiger partial charge < -0.3 is 33.8 Å². The standard InChI is InChI=1S/C81H150O17P2/c1-5-9-13-17-21-25-29-33-37-41-45-49-53-57-61-65-78(83)91-71-76(97-80(85)67-63-59-55-51-47-43-39-35-31-27-23-19-15-11-7-3)73-95-99(87,88)93-69-75(82)70-94-100(89,90)96-74-77(98-81(86)68-64-60-56-52-48-44-40-36-32-28-24-20-16-12-8-4)72-92-79(84)66-62-58-54-50-46-42-38-34-30-26-22-18-14-10-6-2/h25-32,75-77,82H,5-24,33-74H2,1-4H3,(H,87,88)(H,89,90)/b29-25+,30-26+,31-27+,32-28+/t76-,77-/m1/s1. The number of aliphatic hydroxyl groups excluding tert-OH is 1. The van der Waals surface area contributed by atoms with Crippen LogP contribution in [0.25, 0.3) is 0 Å². The number of aliphatic hydroxyl groups is 1. The molecule has 0 aliphatic heterocycles. The first kappa shape index (κ1) is 97.0. The molecule has 0 spiro atoms. The summed E-state index contributed by atoms with van der Waals surface area (Å²) in [6.45, 7) is 4.90. The van der Waals surface area contributed by atoms with Gasteiger partial charge in [-0.15, -0.1) is 0 Å². The number of hydrogen-bond donors (Lipinski definition) is 3. The highest BCUT2D eigenvalue weighted by Crippen LogP contribution is 2.45. The molecule has 100 heavy (non-hydrogen) atoms. The Labute approximate surface area is 610 Å². The van der Waals surface area contributed by atoms with Crippen molar-refractivity contribution in [2.75, 3.05) is 39.6 Å². The first-order valence-corrected chi connectivity index (χ1v) is 43.9. The van der Waals surface area contributed by atoms with E-state index in [1.54, 1.807) is 0 Å². The van der Waals surface area contributed by atoms with E-state index in [1.165, 1.54) is 128 Å². The largest absolute Gasteiger partial charge is 0.472 e. The van der Waals surface area contributed by atoms with Crippen LogP contribution in [0, 0.1) is 0 Å². The smallest absolute Gasteiger partial charge is 0.462 e. The number of allylic oxidation sites excluding steroid dienone is 8. The van der Waals surface area contributed by atoms with Gasteiger partial charge in [0.1, 0.15) is 19.3 Å². The maximum absolute atomic E-state index is 13.1. The average Bonchev–Trinajstić information content (AvgIpc) is 1.01. The van der Waals surface area contributed by atoms with Gasteiger partial charge in [-0.3, -0.25) is 37.3 Å². The monoisotopic (exact) mass is 1460 g/mol. The molecule has 0 rings (SSSR count). The van der Waals surface area contributed by atoms with Crippen LogP contribution >= 0.6 is 15.6 Å². The molecule has 17 nitrogen and oxygen atoms in total. The zero-order valence-corrected chi connectivity index (χ0v) is 65.9. The van der Waals surface area contributed by atoms with Crippen molar-refractivity contribution in [2.45, 2.75) is 406 Å². The molecule has 586 valence electrons. The fraction of sp³-hybridized carbons (Fsp3) is 0.852. The Balaban J connectivity index is 5.33. The maximum atomic E-state index is 13.1. The number of hydrogen-bond acceptors (Lipinski definition) is 15. The van der Waals surface area contributed by atoms with E-state index in [-0.39, 0.29) is 25.7 Å². The van der Waals surface area contributed by atoms with E-state index < -0.39 is 97.5 Å². The lowest BCUT2D eigenvalue weighted by Crippen LogP contribution is -2.30. The Bertz CT molecular complexity index is 1940. The van der Waals surface area contributed by atoms with Gasteiger partial charge in [0.05, 0.1) is 26.4 Å². The zero-order valence-electron chi connectivity index (χ0n) is 64.1. The fourth-order valence-electron chi connectivity index (χ4n) is 11.4. The number of carbonyl (C=O) groups excluding carboxylic acids is 4. The van der Waals surface area contributed by atoms with Crippen LogP contribution in [0.1, 0.15) is 387 Å². The lowest BCUT2D eigenvalue weighted by Gasteiger charge is -2.21. The van der Waals surface area contributed by atoms with Crippen molar-refractivity contribution < 1.29 is 80.2 Å². The number of rotatable bonds is 78. The first-order chi connectivity index (χ1) is 48.7. The van der Waals surface area contributed by atoms with E-state index in [4.69, 9.17) is 37.0 Å². The second-order valence-corrected chi connectivity index (χ2v) is 30.6. The van der Waals surface area contributed by atoms with Gasteiger partial charge >= 0.3 is 39.5 Å². The molecule has 4 atom stereocenters. The summed E-state index contributed by atoms with van der Waals surface area (Å²) in [5, 5.41) is 10.6. The van der Waals surface area contributed by atoms with Crippen molar-refractivity contribution in [3.05, 3.63) is 48.6 Å². The van der Waals surface area contributed by atoms with Crippen LogP contribution in [0.5, 0.6) is 0 Å². The summed E-state index contributed by atoms with van der Waals surface area (Å²) in [5.74, 6) is -2.15. The predicted octanol–water partition coefficient (Wildman–Crippen LogP) is 23.7. The van der Waals surface area contributed by atoms with Crippen LogP contribution in [0.15, 0.2) is 48.6 Å². The minimum Gasteiger partial charge on any atom is -0.462 e. The average molecular weight is 1460 g/mol. The summed E-state index contributed by atoms with van der Waals surface area (Å²) in [5.41, 5.74) is 0. The molecule has 0 fully saturated rings. The fourth-order valence-corrected chi connectivity index (χ4v) is 13.0. The lowest BCUT2D eigenvalue weighted by molar-refractivity contribution is -0.161. The lowest BCUT2D eigenvalue weighted by atomic mass is 10.1. The van der Waals surface area contributed by atoms with Crippen molar-refractivity contribution in [3.8, 4) is 0 Å². The molecule has 2 unspecified atom stereocenters. The van der Waals surface area contributed by atoms with Gasteiger partial charge in [-0.2, -0.15) is 0 Å². The molecule has 0 aliphatic rings. The Kier molecular flexibility index (Phi) is 72.1. The molecule has 0 aromatic rings. The molecule has 0 aliphatic carbocycles. The van der Waals surface area contributed by atoms with Gasteiger partial charge in [0, 0.05) is 25.7 Å². The SMILES string of the molecule is CCCCCC/C=C/CCCCCCCCCC(=O)OC[C@H](COP(=O)(O)OCC(O)COP(=O)(O)OC[C@@H](COC(=O)CCCCCCCCC/C=C/CCCCCC)OC(=O)CCCCCCCCC/C=C/CCCCCC)OC(=O)CCCCCCCCC/C=C/CCCCCC. The topological polar surface area (TPSA) is 237 Å². The van der Waals surface area contributed by atoms with Crippen LogP contribution in [0.2, 0.25) is 0 Å². The summed E-state index contributed by atoms with van der Waals surface area (Å²) in [6.07, 6.45) is 72.1. The minimum atomic E-state index is -4.97. The van der Waals surface area contributed by atoms with Gasteiger partial charge in [0.2, 0.25) is 0 Å². The third kappa shape index (κ3) is 73.3. The third-order valence-electron chi connectivity index (χ3n) is 17.7. The van der Waals surface area contributed by atoms with Crippen molar-refractivity contribution in [2.24, 2.45) is 0 Å². The third-order valence-corrected chi connectivity index (χ3v) is 19.6. The molecule has 0 bridgehead atoms. The molecule has 0 saturated heterocycles. The predicted molar refractivity (Wildman–Crippen MR) is 409 cm³/mol. The summed E-state index contributed by atoms with van der Waals surface area (Å²) in [7, 11) is -9.94. The van der Waals surface area contributed by atoms with Gasteiger partial charge in [-0.1, -0.05) is 282 Å². The second-order valence-electron chi connectivity index (χ2n) is 27.7. The van der Waals surface area contributed by atoms with Gasteiger partial charge in [-0.05, 0) is 128 Å². The normalized spacial score (nSPS) is 14.1. The first-order valence-electron chi connectivity index (χ1n) is 40.9. The van der Waals surface area contributed by atoms with Crippen LogP contribution < -0.4 is 0 Å². The second kappa shape index (κ2) is 74.3. The highest BCUT2D eigenvalue weighted by Gasteiger charge is 2.30. The van der Waals surface area contributed by atoms with Crippen molar-refractivity contribution in [3.63, 3.8) is 0 Å². The zero-order chi connectivity index (χ0) is 73.2. The summed E-state index contributed by atoms with van der Waals surface area (Å²) in [4.78, 5) is 73.0. The molecule has 19 heteroatoms. The van der Waals surface area contributed by atoms with Crippen LogP contribution in [0.3, 0.4) is 0 Å². The molecule has 3 N–H and O–H groups in total. The number of unbranched alkanes of at least 4 members (excludes halogenated alkanes) is 44. The van der Waals surface area contributed by atoms with Crippen LogP contribution in [0.4, 0.5) is 0 Å². The van der Waals surface area contributed by atoms with Crippen molar-refractivity contribution in [1.82, 2.24) is 0 Å². The molecular weight excluding hydrogens is 1310 g/mol. The molecular formula is C81H150O17P2. The Hall–Kier alpha value is -2.98. The molecule has 0 radical (unpaired) electrons. The summed E-state index contributed by atoms with van der Waals surface area (Å²) >= 11 is 0. The Morgan fingerprint density at radius 3 is 0.690 bits per heavy atom. The summed E-state index contributed by atoms with van der Waals surface area (Å²) < 4.78 is 68.7. The summed E-state index contributed by atoms with van der Waals surface area (Å²) in [6, 6.07) is 0. The Morgan fingerprint density at radius 1 is 0.270 bits per heavy atom. The number of esters is 4. The molecule has 0 heterocycles. The van der Waals surface area contributed by atoms with Gasteiger partial charge in [0.15, 0.2) is 12.2 Å². The van der Waals surface area contributed by atoms with E-state index in [1.807, 2.05) is 0 Å². The van der Waals surface area contributed by atoms with Crippen molar-refractivity contribution in [1.29, 1.82) is 0 Å². The number of phosphoric ester groups is 2. The maximum Gasteiger partial charge on any atom is 0.472 e. The van der Waals surface area contributed by atoms with Crippen molar-refractivity contribution >= 4 is 39.5 Å². The van der Waals surface area contributed by atoms with Gasteiger partial charge in [-0.25, -0.2) is 9.13 Å². The number of ether oxygens (including phenoxy) is 4. The minimum absolute atomic E-state index is 0.0945. The van der Waals surface area contributed by atoms with E-state index in [0.29, 0.717) is 25.7 Å². The Morgan fingerprint density at radius 2 is 0.460 bits per heavy atom. The van der Waals surface area contributed by atoms with E-state index in [9.17, 15) is 43.2 Å². The molecule has 0 saturated carbocycles. The van der Waals surface area contributed by atoms with E-state index >= 15 is 0 Å². The quantitative estimate of drug-likeness (QED) is 0.0169. The molecule has 0 amide bonds.